The predicted octanol–water partition coefficient (Wildman–Crippen LogP) is 2.97. The zero-order valence-electron chi connectivity index (χ0n) is 10.4. The molecule has 2 rings (SSSR count). The molecule has 0 saturated heterocycles. The highest BCUT2D eigenvalue weighted by molar-refractivity contribution is 5.89. The van der Waals surface area contributed by atoms with E-state index in [9.17, 15) is 13.6 Å². The van der Waals surface area contributed by atoms with Crippen LogP contribution in [0.3, 0.4) is 0 Å². The van der Waals surface area contributed by atoms with E-state index in [-0.39, 0.29) is 17.2 Å². The lowest BCUT2D eigenvalue weighted by molar-refractivity contribution is 0.0695. The van der Waals surface area contributed by atoms with Crippen molar-refractivity contribution in [2.24, 2.45) is 0 Å². The van der Waals surface area contributed by atoms with Gasteiger partial charge in [0.05, 0.1) is 11.9 Å². The molecule has 0 aliphatic carbocycles. The Bertz CT molecular complexity index is 636. The van der Waals surface area contributed by atoms with Crippen molar-refractivity contribution in [3.8, 4) is 5.69 Å². The van der Waals surface area contributed by atoms with Gasteiger partial charge in [-0.05, 0) is 18.1 Å². The summed E-state index contributed by atoms with van der Waals surface area (Å²) < 4.78 is 27.8. The molecule has 19 heavy (non-hydrogen) atoms. The average molecular weight is 266 g/mol. The average Bonchev–Trinajstić information content (AvgIpc) is 2.73. The summed E-state index contributed by atoms with van der Waals surface area (Å²) in [5.74, 6) is -2.78. The summed E-state index contributed by atoms with van der Waals surface area (Å²) in [4.78, 5) is 11.1. The lowest BCUT2D eigenvalue weighted by Gasteiger charge is -2.12. The smallest absolute Gasteiger partial charge is 0.339 e. The van der Waals surface area contributed by atoms with Gasteiger partial charge in [0, 0.05) is 6.07 Å². The van der Waals surface area contributed by atoms with Crippen LogP contribution in [-0.2, 0) is 0 Å². The number of carboxylic acid groups (broad SMARTS) is 1. The summed E-state index contributed by atoms with van der Waals surface area (Å²) in [6.07, 6.45) is 1.17. The number of halogens is 2. The molecule has 2 aromatic rings. The highest BCUT2D eigenvalue weighted by Gasteiger charge is 2.21. The Morgan fingerprint density at radius 2 is 2.05 bits per heavy atom. The number of aromatic nitrogens is 2. The van der Waals surface area contributed by atoms with E-state index in [1.807, 2.05) is 0 Å². The van der Waals surface area contributed by atoms with Crippen molar-refractivity contribution in [2.75, 3.05) is 0 Å². The number of nitrogens with zero attached hydrogens (tertiary/aromatic N) is 2. The van der Waals surface area contributed by atoms with E-state index in [0.29, 0.717) is 5.69 Å². The second-order valence-corrected chi connectivity index (χ2v) is 4.41. The number of carbonyl (C=O) groups is 1. The molecule has 1 aromatic carbocycles. The standard InChI is InChI=1S/C13H12F2N2O2/c1-7(2)12-9(13(18)19)6-16-17(12)11-4-3-8(14)5-10(11)15/h3-7H,1-2H3,(H,18,19). The minimum Gasteiger partial charge on any atom is -0.478 e. The normalized spacial score (nSPS) is 11.0. The summed E-state index contributed by atoms with van der Waals surface area (Å²) in [5, 5.41) is 13.0. The van der Waals surface area contributed by atoms with Gasteiger partial charge in [0.15, 0.2) is 5.82 Å². The molecule has 0 bridgehead atoms. The number of rotatable bonds is 3. The Morgan fingerprint density at radius 3 is 2.58 bits per heavy atom. The molecule has 0 aliphatic heterocycles. The van der Waals surface area contributed by atoms with Gasteiger partial charge in [-0.2, -0.15) is 5.10 Å². The van der Waals surface area contributed by atoms with Gasteiger partial charge in [0.2, 0.25) is 0 Å². The number of hydrogen-bond acceptors (Lipinski definition) is 2. The maximum absolute atomic E-state index is 13.7. The molecule has 0 radical (unpaired) electrons. The monoisotopic (exact) mass is 266 g/mol. The highest BCUT2D eigenvalue weighted by Crippen LogP contribution is 2.24. The second kappa shape index (κ2) is 4.79. The fraction of sp³-hybridized carbons (Fsp3) is 0.231. The third-order valence-electron chi connectivity index (χ3n) is 2.72. The van der Waals surface area contributed by atoms with Crippen molar-refractivity contribution in [3.05, 3.63) is 47.3 Å². The van der Waals surface area contributed by atoms with Crippen molar-refractivity contribution < 1.29 is 18.7 Å². The first-order valence-corrected chi connectivity index (χ1v) is 5.68. The van der Waals surface area contributed by atoms with Gasteiger partial charge in [-0.3, -0.25) is 0 Å². The van der Waals surface area contributed by atoms with Crippen LogP contribution in [0.4, 0.5) is 8.78 Å². The fourth-order valence-electron chi connectivity index (χ4n) is 1.92. The lowest BCUT2D eigenvalue weighted by Crippen LogP contribution is -2.09. The largest absolute Gasteiger partial charge is 0.478 e. The van der Waals surface area contributed by atoms with Crippen LogP contribution in [0.1, 0.15) is 35.8 Å². The third kappa shape index (κ3) is 2.33. The maximum Gasteiger partial charge on any atom is 0.339 e. The first-order chi connectivity index (χ1) is 8.91. The fourth-order valence-corrected chi connectivity index (χ4v) is 1.92. The minimum atomic E-state index is -1.13. The summed E-state index contributed by atoms with van der Waals surface area (Å²) in [5.41, 5.74) is 0.411. The quantitative estimate of drug-likeness (QED) is 0.929. The van der Waals surface area contributed by atoms with E-state index in [4.69, 9.17) is 5.11 Å². The maximum atomic E-state index is 13.7. The summed E-state index contributed by atoms with van der Waals surface area (Å²) >= 11 is 0. The molecule has 100 valence electrons. The van der Waals surface area contributed by atoms with Gasteiger partial charge < -0.3 is 5.11 Å². The Balaban J connectivity index is 2.65. The van der Waals surface area contributed by atoms with Crippen LogP contribution >= 0.6 is 0 Å². The first-order valence-electron chi connectivity index (χ1n) is 5.68. The third-order valence-corrected chi connectivity index (χ3v) is 2.72. The van der Waals surface area contributed by atoms with E-state index < -0.39 is 17.6 Å². The molecule has 6 heteroatoms. The van der Waals surface area contributed by atoms with Gasteiger partial charge in [0.1, 0.15) is 17.1 Å². The van der Waals surface area contributed by atoms with Crippen LogP contribution in [0, 0.1) is 11.6 Å². The molecule has 0 saturated carbocycles. The molecule has 4 nitrogen and oxygen atoms in total. The van der Waals surface area contributed by atoms with E-state index in [2.05, 4.69) is 5.10 Å². The minimum absolute atomic E-state index is 0.0127. The molecule has 0 fully saturated rings. The van der Waals surface area contributed by atoms with Gasteiger partial charge in [-0.1, -0.05) is 13.8 Å². The number of hydrogen-bond donors (Lipinski definition) is 1. The Hall–Kier alpha value is -2.24. The van der Waals surface area contributed by atoms with Crippen molar-refractivity contribution in [1.29, 1.82) is 0 Å². The Morgan fingerprint density at radius 1 is 1.37 bits per heavy atom. The summed E-state index contributed by atoms with van der Waals surface area (Å²) in [7, 11) is 0. The highest BCUT2D eigenvalue weighted by atomic mass is 19.1. The van der Waals surface area contributed by atoms with E-state index in [1.165, 1.54) is 16.9 Å². The zero-order valence-corrected chi connectivity index (χ0v) is 10.4. The molecular weight excluding hydrogens is 254 g/mol. The molecule has 1 N–H and O–H groups in total. The van der Waals surface area contributed by atoms with Gasteiger partial charge in [0.25, 0.3) is 0 Å². The number of carboxylic acids is 1. The van der Waals surface area contributed by atoms with Crippen LogP contribution in [-0.4, -0.2) is 20.9 Å². The van der Waals surface area contributed by atoms with E-state index >= 15 is 0 Å². The van der Waals surface area contributed by atoms with Crippen molar-refractivity contribution in [2.45, 2.75) is 19.8 Å². The van der Waals surface area contributed by atoms with Crippen LogP contribution in [0.2, 0.25) is 0 Å². The SMILES string of the molecule is CC(C)c1c(C(=O)O)cnn1-c1ccc(F)cc1F. The second-order valence-electron chi connectivity index (χ2n) is 4.41. The first kappa shape index (κ1) is 13.2. The molecule has 0 unspecified atom stereocenters. The van der Waals surface area contributed by atoms with E-state index in [1.54, 1.807) is 13.8 Å². The summed E-state index contributed by atoms with van der Waals surface area (Å²) in [6, 6.07) is 3.07. The van der Waals surface area contributed by atoms with E-state index in [0.717, 1.165) is 12.1 Å². The molecule has 1 heterocycles. The predicted molar refractivity (Wildman–Crippen MR) is 64.5 cm³/mol. The topological polar surface area (TPSA) is 55.1 Å². The molecular formula is C13H12F2N2O2. The number of aromatic carboxylic acids is 1. The lowest BCUT2D eigenvalue weighted by atomic mass is 10.1. The van der Waals surface area contributed by atoms with Crippen LogP contribution < -0.4 is 0 Å². The Kier molecular flexibility index (Phi) is 3.33. The van der Waals surface area contributed by atoms with Crippen molar-refractivity contribution in [1.82, 2.24) is 9.78 Å². The molecule has 0 atom stereocenters. The molecule has 1 aromatic heterocycles. The van der Waals surface area contributed by atoms with Crippen LogP contribution in [0.15, 0.2) is 24.4 Å². The van der Waals surface area contributed by atoms with Gasteiger partial charge in [-0.25, -0.2) is 18.3 Å². The summed E-state index contributed by atoms with van der Waals surface area (Å²) in [6.45, 7) is 3.56. The van der Waals surface area contributed by atoms with Crippen LogP contribution in [0.25, 0.3) is 5.69 Å². The van der Waals surface area contributed by atoms with Crippen molar-refractivity contribution >= 4 is 5.97 Å². The molecule has 0 aliphatic rings. The van der Waals surface area contributed by atoms with Gasteiger partial charge >= 0.3 is 5.97 Å². The molecule has 0 spiro atoms. The van der Waals surface area contributed by atoms with Gasteiger partial charge in [-0.15, -0.1) is 0 Å². The van der Waals surface area contributed by atoms with Crippen LogP contribution in [0.5, 0.6) is 0 Å². The molecule has 0 amide bonds. The Labute approximate surface area is 108 Å². The zero-order chi connectivity index (χ0) is 14.2. The van der Waals surface area contributed by atoms with Crippen molar-refractivity contribution in [3.63, 3.8) is 0 Å². The number of benzene rings is 1.